The lowest BCUT2D eigenvalue weighted by Gasteiger charge is -2.36. The van der Waals surface area contributed by atoms with Crippen molar-refractivity contribution in [2.75, 3.05) is 0 Å². The Hall–Kier alpha value is -4.57. The summed E-state index contributed by atoms with van der Waals surface area (Å²) in [4.78, 5) is 35.1. The van der Waals surface area contributed by atoms with Crippen molar-refractivity contribution in [3.8, 4) is 5.75 Å². The Morgan fingerprint density at radius 2 is 1.60 bits per heavy atom. The molecule has 42 heavy (non-hydrogen) atoms. The van der Waals surface area contributed by atoms with Crippen molar-refractivity contribution in [2.45, 2.75) is 50.9 Å². The molecule has 0 radical (unpaired) electrons. The molecule has 0 aliphatic heterocycles. The molecule has 2 atom stereocenters. The normalized spacial score (nSPS) is 16.4. The molecule has 10 heteroatoms. The Morgan fingerprint density at radius 1 is 0.929 bits per heavy atom. The maximum atomic E-state index is 13.6. The number of carbonyl (C=O) groups is 1. The predicted octanol–water partition coefficient (Wildman–Crippen LogP) is 7.75. The van der Waals surface area contributed by atoms with Crippen molar-refractivity contribution < 1.29 is 19.1 Å². The summed E-state index contributed by atoms with van der Waals surface area (Å²) in [5, 5.41) is 28.2. The Bertz CT molecular complexity index is 1610. The molecule has 0 bridgehead atoms. The zero-order valence-electron chi connectivity index (χ0n) is 23.6. The van der Waals surface area contributed by atoms with Gasteiger partial charge in [0.25, 0.3) is 17.3 Å². The fourth-order valence-electron chi connectivity index (χ4n) is 5.98. The quantitative estimate of drug-likeness (QED) is 0.116. The number of rotatable bonds is 10. The van der Waals surface area contributed by atoms with Crippen LogP contribution in [-0.4, -0.2) is 24.1 Å². The molecule has 0 saturated carbocycles. The first-order chi connectivity index (χ1) is 20.1. The van der Waals surface area contributed by atoms with E-state index in [9.17, 15) is 25.0 Å². The first-order valence-electron chi connectivity index (χ1n) is 14.1. The highest BCUT2D eigenvalue weighted by molar-refractivity contribution is 6.71. The number of non-ortho nitro benzene ring substituents is 2. The van der Waals surface area contributed by atoms with Crippen molar-refractivity contribution >= 4 is 36.4 Å². The molecule has 0 saturated heterocycles. The van der Waals surface area contributed by atoms with Gasteiger partial charge in [0.05, 0.1) is 27.5 Å². The van der Waals surface area contributed by atoms with Crippen LogP contribution in [0.2, 0.25) is 19.1 Å². The van der Waals surface area contributed by atoms with Gasteiger partial charge in [-0.3, -0.25) is 25.0 Å². The molecule has 9 nitrogen and oxygen atoms in total. The Morgan fingerprint density at radius 3 is 2.29 bits per heavy atom. The highest BCUT2D eigenvalue weighted by Gasteiger charge is 2.34. The van der Waals surface area contributed by atoms with Crippen LogP contribution in [-0.2, 0) is 6.42 Å². The SMILES string of the molecule is C[Si](C)(CCC[C@H]1CCc2ccc3ccccc3c2[C@H]1NC(=O)c1cc([N+](=O)[O-])cc([N+](=O)[O-])c1)Oc1ccccc1. The number of nitrogens with one attached hydrogen (secondary N) is 1. The number of aryl methyl sites for hydroxylation is 1. The number of amides is 1. The average Bonchev–Trinajstić information content (AvgIpc) is 2.97. The van der Waals surface area contributed by atoms with Gasteiger partial charge in [-0.05, 0) is 78.4 Å². The molecular weight excluding hydrogens is 550 g/mol. The summed E-state index contributed by atoms with van der Waals surface area (Å²) in [6.07, 6.45) is 3.52. The third-order valence-corrected chi connectivity index (χ3v) is 10.3. The standard InChI is InChI=1S/C32H33N3O6Si/c1-42(2,41-28-11-4-3-5-12-28)18-8-10-24-17-16-23-15-14-22-9-6-7-13-29(22)30(23)31(24)33-32(36)25-19-26(34(37)38)21-27(20-25)35(39)40/h3-7,9,11-15,19-21,24,31H,8,10,16-18H2,1-2H3,(H,33,36)/t24-,31-/m0/s1. The number of para-hydroxylation sites is 1. The Balaban J connectivity index is 1.43. The van der Waals surface area contributed by atoms with Crippen molar-refractivity contribution in [3.63, 3.8) is 0 Å². The van der Waals surface area contributed by atoms with Crippen LogP contribution in [0, 0.1) is 26.1 Å². The van der Waals surface area contributed by atoms with E-state index in [1.165, 1.54) is 0 Å². The lowest BCUT2D eigenvalue weighted by Crippen LogP contribution is -2.37. The minimum absolute atomic E-state index is 0.105. The van der Waals surface area contributed by atoms with E-state index < -0.39 is 35.4 Å². The first kappa shape index (κ1) is 28.9. The second-order valence-electron chi connectivity index (χ2n) is 11.4. The lowest BCUT2D eigenvalue weighted by atomic mass is 9.75. The van der Waals surface area contributed by atoms with Gasteiger partial charge in [-0.1, -0.05) is 61.0 Å². The van der Waals surface area contributed by atoms with E-state index in [0.29, 0.717) is 0 Å². The second-order valence-corrected chi connectivity index (χ2v) is 15.7. The highest BCUT2D eigenvalue weighted by atomic mass is 28.4. The highest BCUT2D eigenvalue weighted by Crippen LogP contribution is 2.42. The van der Waals surface area contributed by atoms with Crippen molar-refractivity contribution in [1.82, 2.24) is 5.32 Å². The zero-order chi connectivity index (χ0) is 29.9. The summed E-state index contributed by atoms with van der Waals surface area (Å²) < 4.78 is 6.37. The van der Waals surface area contributed by atoms with E-state index in [4.69, 9.17) is 4.43 Å². The van der Waals surface area contributed by atoms with Crippen LogP contribution in [0.3, 0.4) is 0 Å². The summed E-state index contributed by atoms with van der Waals surface area (Å²) in [5.74, 6) is 0.422. The number of carbonyl (C=O) groups excluding carboxylic acids is 1. The number of fused-ring (bicyclic) bond motifs is 3. The number of nitro groups is 2. The van der Waals surface area contributed by atoms with Gasteiger partial charge in [0.2, 0.25) is 8.32 Å². The smallest absolute Gasteiger partial charge is 0.277 e. The van der Waals surface area contributed by atoms with Crippen LogP contribution in [0.4, 0.5) is 11.4 Å². The van der Waals surface area contributed by atoms with E-state index in [0.717, 1.165) is 77.6 Å². The summed E-state index contributed by atoms with van der Waals surface area (Å²) in [6.45, 7) is 4.41. The summed E-state index contributed by atoms with van der Waals surface area (Å²) in [6, 6.07) is 25.7. The monoisotopic (exact) mass is 583 g/mol. The van der Waals surface area contributed by atoms with Gasteiger partial charge in [0, 0.05) is 12.1 Å². The number of hydrogen-bond donors (Lipinski definition) is 1. The van der Waals surface area contributed by atoms with Crippen LogP contribution in [0.25, 0.3) is 10.8 Å². The van der Waals surface area contributed by atoms with Crippen molar-refractivity contribution in [1.29, 1.82) is 0 Å². The summed E-state index contributed by atoms with van der Waals surface area (Å²) >= 11 is 0. The number of benzene rings is 4. The minimum Gasteiger partial charge on any atom is -0.544 e. The molecule has 0 unspecified atom stereocenters. The molecular formula is C32H33N3O6Si. The second kappa shape index (κ2) is 12.1. The number of hydrogen-bond acceptors (Lipinski definition) is 6. The summed E-state index contributed by atoms with van der Waals surface area (Å²) in [5.41, 5.74) is 1.11. The fourth-order valence-corrected chi connectivity index (χ4v) is 7.91. The Kier molecular flexibility index (Phi) is 8.35. The first-order valence-corrected chi connectivity index (χ1v) is 17.2. The molecule has 1 aliphatic rings. The van der Waals surface area contributed by atoms with Crippen LogP contribution in [0.5, 0.6) is 5.75 Å². The van der Waals surface area contributed by atoms with Crippen LogP contribution in [0.15, 0.2) is 84.9 Å². The van der Waals surface area contributed by atoms with Gasteiger partial charge >= 0.3 is 0 Å². The predicted molar refractivity (Wildman–Crippen MR) is 164 cm³/mol. The van der Waals surface area contributed by atoms with Crippen LogP contribution in [0.1, 0.15) is 46.8 Å². The third kappa shape index (κ3) is 6.49. The van der Waals surface area contributed by atoms with Crippen LogP contribution >= 0.6 is 0 Å². The molecule has 5 rings (SSSR count). The van der Waals surface area contributed by atoms with E-state index in [-0.39, 0.29) is 17.5 Å². The van der Waals surface area contributed by atoms with Crippen molar-refractivity contribution in [2.24, 2.45) is 5.92 Å². The van der Waals surface area contributed by atoms with E-state index >= 15 is 0 Å². The molecule has 1 N–H and O–H groups in total. The molecule has 4 aromatic carbocycles. The van der Waals surface area contributed by atoms with Gasteiger partial charge in [0.15, 0.2) is 0 Å². The van der Waals surface area contributed by atoms with Gasteiger partial charge in [0.1, 0.15) is 5.75 Å². The van der Waals surface area contributed by atoms with E-state index in [1.807, 2.05) is 48.5 Å². The molecule has 4 aromatic rings. The lowest BCUT2D eigenvalue weighted by molar-refractivity contribution is -0.394. The maximum Gasteiger partial charge on any atom is 0.277 e. The van der Waals surface area contributed by atoms with Crippen LogP contribution < -0.4 is 9.74 Å². The number of nitrogens with zero attached hydrogens (tertiary/aromatic N) is 2. The molecule has 1 aliphatic carbocycles. The maximum absolute atomic E-state index is 13.6. The number of nitro benzene ring substituents is 2. The Labute approximate surface area is 245 Å². The molecule has 0 aromatic heterocycles. The van der Waals surface area contributed by atoms with Gasteiger partial charge in [-0.25, -0.2) is 0 Å². The zero-order valence-corrected chi connectivity index (χ0v) is 24.6. The molecule has 0 spiro atoms. The van der Waals surface area contributed by atoms with E-state index in [2.05, 4.69) is 36.6 Å². The molecule has 0 fully saturated rings. The van der Waals surface area contributed by atoms with E-state index in [1.54, 1.807) is 0 Å². The van der Waals surface area contributed by atoms with Crippen molar-refractivity contribution in [3.05, 3.63) is 122 Å². The largest absolute Gasteiger partial charge is 0.544 e. The van der Waals surface area contributed by atoms with Gasteiger partial charge in [-0.15, -0.1) is 0 Å². The van der Waals surface area contributed by atoms with Gasteiger partial charge in [-0.2, -0.15) is 0 Å². The minimum atomic E-state index is -2.00. The topological polar surface area (TPSA) is 125 Å². The molecule has 1 amide bonds. The summed E-state index contributed by atoms with van der Waals surface area (Å²) in [7, 11) is -2.00. The third-order valence-electron chi connectivity index (χ3n) is 7.99. The average molecular weight is 584 g/mol. The van der Waals surface area contributed by atoms with Gasteiger partial charge < -0.3 is 9.74 Å². The molecule has 0 heterocycles. The molecule has 216 valence electrons. The fraction of sp³-hybridized carbons (Fsp3) is 0.281.